The van der Waals surface area contributed by atoms with Crippen LogP contribution in [0.5, 0.6) is 0 Å². The van der Waals surface area contributed by atoms with E-state index >= 15 is 0 Å². The van der Waals surface area contributed by atoms with Crippen LogP contribution in [0.4, 0.5) is 0 Å². The van der Waals surface area contributed by atoms with E-state index in [9.17, 15) is 0 Å². The lowest BCUT2D eigenvalue weighted by Crippen LogP contribution is -2.44. The first-order valence-electron chi connectivity index (χ1n) is 8.06. The van der Waals surface area contributed by atoms with Gasteiger partial charge in [0.2, 0.25) is 0 Å². The average Bonchev–Trinajstić information content (AvgIpc) is 3.15. The van der Waals surface area contributed by atoms with Crippen LogP contribution in [-0.4, -0.2) is 35.4 Å². The first-order chi connectivity index (χ1) is 11.1. The predicted octanol–water partition coefficient (Wildman–Crippen LogP) is 2.69. The average molecular weight is 334 g/mol. The number of guanidine groups is 1. The molecule has 0 saturated heterocycles. The van der Waals surface area contributed by atoms with Crippen LogP contribution >= 0.6 is 11.3 Å². The molecule has 6 heteroatoms. The molecule has 2 aromatic rings. The Morgan fingerprint density at radius 3 is 2.83 bits per heavy atom. The van der Waals surface area contributed by atoms with E-state index in [0.29, 0.717) is 12.0 Å². The van der Waals surface area contributed by atoms with Crippen molar-refractivity contribution >= 4 is 17.3 Å². The SMILES string of the molecule is CN=C(NCC(C)Cn1cccn1)NC(C)Cc1ccc(C)s1. The molecule has 0 aromatic carbocycles. The third kappa shape index (κ3) is 6.06. The van der Waals surface area contributed by atoms with Crippen LogP contribution in [0.25, 0.3) is 0 Å². The third-order valence-corrected chi connectivity index (χ3v) is 4.61. The fraction of sp³-hybridized carbons (Fsp3) is 0.529. The van der Waals surface area contributed by atoms with Gasteiger partial charge in [-0.2, -0.15) is 5.10 Å². The molecule has 0 spiro atoms. The second-order valence-electron chi connectivity index (χ2n) is 6.05. The van der Waals surface area contributed by atoms with Crippen molar-refractivity contribution in [2.24, 2.45) is 10.9 Å². The van der Waals surface area contributed by atoms with E-state index in [1.54, 1.807) is 0 Å². The van der Waals surface area contributed by atoms with Gasteiger partial charge in [-0.15, -0.1) is 11.3 Å². The largest absolute Gasteiger partial charge is 0.356 e. The molecule has 2 atom stereocenters. The lowest BCUT2D eigenvalue weighted by molar-refractivity contribution is 0.442. The number of hydrogen-bond acceptors (Lipinski definition) is 3. The number of aryl methyl sites for hydroxylation is 1. The number of nitrogens with one attached hydrogen (secondary N) is 2. The monoisotopic (exact) mass is 333 g/mol. The smallest absolute Gasteiger partial charge is 0.191 e. The van der Waals surface area contributed by atoms with Crippen molar-refractivity contribution in [1.29, 1.82) is 0 Å². The van der Waals surface area contributed by atoms with Crippen molar-refractivity contribution in [3.8, 4) is 0 Å². The maximum Gasteiger partial charge on any atom is 0.191 e. The van der Waals surface area contributed by atoms with Crippen molar-refractivity contribution in [3.63, 3.8) is 0 Å². The third-order valence-electron chi connectivity index (χ3n) is 3.59. The van der Waals surface area contributed by atoms with Crippen LogP contribution in [0, 0.1) is 12.8 Å². The summed E-state index contributed by atoms with van der Waals surface area (Å²) in [6.45, 7) is 8.31. The lowest BCUT2D eigenvalue weighted by Gasteiger charge is -2.19. The highest BCUT2D eigenvalue weighted by molar-refractivity contribution is 7.11. The minimum Gasteiger partial charge on any atom is -0.356 e. The van der Waals surface area contributed by atoms with Crippen LogP contribution in [0.1, 0.15) is 23.6 Å². The van der Waals surface area contributed by atoms with Gasteiger partial charge in [0.15, 0.2) is 5.96 Å². The summed E-state index contributed by atoms with van der Waals surface area (Å²) in [6.07, 6.45) is 4.82. The summed E-state index contributed by atoms with van der Waals surface area (Å²) >= 11 is 1.86. The van der Waals surface area contributed by atoms with Crippen LogP contribution in [0.2, 0.25) is 0 Å². The van der Waals surface area contributed by atoms with E-state index in [0.717, 1.165) is 25.5 Å². The molecule has 0 saturated carbocycles. The maximum atomic E-state index is 4.32. The molecule has 5 nitrogen and oxygen atoms in total. The minimum atomic E-state index is 0.348. The highest BCUT2D eigenvalue weighted by Crippen LogP contribution is 2.16. The first kappa shape index (κ1) is 17.5. The summed E-state index contributed by atoms with van der Waals surface area (Å²) in [7, 11) is 1.81. The van der Waals surface area contributed by atoms with Gasteiger partial charge < -0.3 is 10.6 Å². The van der Waals surface area contributed by atoms with Gasteiger partial charge in [0, 0.05) is 54.7 Å². The molecule has 0 aliphatic heterocycles. The van der Waals surface area contributed by atoms with E-state index in [1.165, 1.54) is 9.75 Å². The summed E-state index contributed by atoms with van der Waals surface area (Å²) in [5.41, 5.74) is 0. The van der Waals surface area contributed by atoms with Crippen LogP contribution < -0.4 is 10.6 Å². The van der Waals surface area contributed by atoms with E-state index in [4.69, 9.17) is 0 Å². The summed E-state index contributed by atoms with van der Waals surface area (Å²) in [4.78, 5) is 7.09. The van der Waals surface area contributed by atoms with Gasteiger partial charge in [-0.25, -0.2) is 0 Å². The zero-order valence-electron chi connectivity index (χ0n) is 14.4. The van der Waals surface area contributed by atoms with Gasteiger partial charge in [0.25, 0.3) is 0 Å². The number of aliphatic imine (C=N–C) groups is 1. The molecule has 2 heterocycles. The molecule has 23 heavy (non-hydrogen) atoms. The number of nitrogens with zero attached hydrogens (tertiary/aromatic N) is 3. The molecule has 2 N–H and O–H groups in total. The van der Waals surface area contributed by atoms with E-state index in [1.807, 2.05) is 41.5 Å². The molecular formula is C17H27N5S. The molecule has 2 unspecified atom stereocenters. The Kier molecular flexibility index (Phi) is 6.65. The number of rotatable bonds is 7. The molecule has 2 rings (SSSR count). The topological polar surface area (TPSA) is 54.2 Å². The first-order valence-corrected chi connectivity index (χ1v) is 8.88. The normalized spacial score (nSPS) is 14.5. The van der Waals surface area contributed by atoms with Gasteiger partial charge in [-0.3, -0.25) is 9.67 Å². The van der Waals surface area contributed by atoms with Crippen LogP contribution in [0.15, 0.2) is 35.6 Å². The molecule has 0 fully saturated rings. The lowest BCUT2D eigenvalue weighted by atomic mass is 10.2. The Hall–Kier alpha value is -1.82. The van der Waals surface area contributed by atoms with Gasteiger partial charge in [-0.05, 0) is 38.0 Å². The Bertz CT molecular complexity index is 602. The highest BCUT2D eigenvalue weighted by Gasteiger charge is 2.09. The number of aromatic nitrogens is 2. The summed E-state index contributed by atoms with van der Waals surface area (Å²) < 4.78 is 1.96. The zero-order chi connectivity index (χ0) is 16.7. The van der Waals surface area contributed by atoms with Gasteiger partial charge in [-0.1, -0.05) is 6.92 Å². The quantitative estimate of drug-likeness (QED) is 0.605. The molecule has 0 amide bonds. The van der Waals surface area contributed by atoms with E-state index in [2.05, 4.69) is 53.6 Å². The number of hydrogen-bond donors (Lipinski definition) is 2. The van der Waals surface area contributed by atoms with E-state index < -0.39 is 0 Å². The molecule has 0 aliphatic rings. The molecular weight excluding hydrogens is 306 g/mol. The Morgan fingerprint density at radius 2 is 2.22 bits per heavy atom. The number of thiophene rings is 1. The fourth-order valence-corrected chi connectivity index (χ4v) is 3.46. The van der Waals surface area contributed by atoms with Gasteiger partial charge in [0.05, 0.1) is 0 Å². The van der Waals surface area contributed by atoms with Crippen molar-refractivity contribution in [2.75, 3.05) is 13.6 Å². The minimum absolute atomic E-state index is 0.348. The molecule has 0 aliphatic carbocycles. The predicted molar refractivity (Wildman–Crippen MR) is 98.1 cm³/mol. The zero-order valence-corrected chi connectivity index (χ0v) is 15.2. The van der Waals surface area contributed by atoms with Crippen molar-refractivity contribution in [2.45, 2.75) is 39.8 Å². The van der Waals surface area contributed by atoms with Crippen LogP contribution in [-0.2, 0) is 13.0 Å². The van der Waals surface area contributed by atoms with Gasteiger partial charge >= 0.3 is 0 Å². The summed E-state index contributed by atoms with van der Waals surface area (Å²) in [5.74, 6) is 1.33. The summed E-state index contributed by atoms with van der Waals surface area (Å²) in [5, 5.41) is 11.1. The Balaban J connectivity index is 1.74. The second kappa shape index (κ2) is 8.72. The van der Waals surface area contributed by atoms with E-state index in [-0.39, 0.29) is 0 Å². The highest BCUT2D eigenvalue weighted by atomic mass is 32.1. The second-order valence-corrected chi connectivity index (χ2v) is 7.42. The molecule has 126 valence electrons. The van der Waals surface area contributed by atoms with Gasteiger partial charge in [0.1, 0.15) is 0 Å². The maximum absolute atomic E-state index is 4.32. The standard InChI is InChI=1S/C17H27N5S/c1-13(12-22-9-5-8-20-22)11-19-17(18-4)21-14(2)10-16-7-6-15(3)23-16/h5-9,13-14H,10-12H2,1-4H3,(H2,18,19,21). The van der Waals surface area contributed by atoms with Crippen molar-refractivity contribution in [3.05, 3.63) is 40.3 Å². The van der Waals surface area contributed by atoms with Crippen molar-refractivity contribution < 1.29 is 0 Å². The fourth-order valence-electron chi connectivity index (χ4n) is 2.44. The molecule has 0 radical (unpaired) electrons. The summed E-state index contributed by atoms with van der Waals surface area (Å²) in [6, 6.07) is 6.69. The van der Waals surface area contributed by atoms with Crippen molar-refractivity contribution in [1.82, 2.24) is 20.4 Å². The van der Waals surface area contributed by atoms with Crippen LogP contribution in [0.3, 0.4) is 0 Å². The Morgan fingerprint density at radius 1 is 1.39 bits per heavy atom. The Labute approximate surface area is 142 Å². The molecule has 2 aromatic heterocycles. The molecule has 0 bridgehead atoms.